The van der Waals surface area contributed by atoms with E-state index in [1.807, 2.05) is 36.4 Å². The predicted octanol–water partition coefficient (Wildman–Crippen LogP) is 6.64. The second-order valence-electron chi connectivity index (χ2n) is 9.13. The van der Waals surface area contributed by atoms with Crippen LogP contribution in [0.2, 0.25) is 0 Å². The molecule has 32 heavy (non-hydrogen) atoms. The Bertz CT molecular complexity index is 869. The highest BCUT2D eigenvalue weighted by atomic mass is 16.6. The first-order chi connectivity index (χ1) is 15.7. The quantitative estimate of drug-likeness (QED) is 0.188. The van der Waals surface area contributed by atoms with Crippen molar-refractivity contribution in [3.63, 3.8) is 0 Å². The van der Waals surface area contributed by atoms with Crippen LogP contribution in [-0.2, 0) is 9.63 Å². The number of allylic oxidation sites excluding steroid dienone is 2. The molecule has 1 unspecified atom stereocenters. The maximum atomic E-state index is 10.6. The first-order valence-corrected chi connectivity index (χ1v) is 11.9. The summed E-state index contributed by atoms with van der Waals surface area (Å²) in [5.41, 5.74) is 2.20. The van der Waals surface area contributed by atoms with E-state index in [1.165, 1.54) is 19.3 Å². The Kier molecular flexibility index (Phi) is 7.76. The summed E-state index contributed by atoms with van der Waals surface area (Å²) in [5.74, 6) is 1.85. The van der Waals surface area contributed by atoms with E-state index in [0.29, 0.717) is 24.2 Å². The van der Waals surface area contributed by atoms with E-state index in [-0.39, 0.29) is 12.5 Å². The molecule has 2 aliphatic rings. The fourth-order valence-corrected chi connectivity index (χ4v) is 5.52. The SMILES string of the molecule is O=C(O)CCC/C=C\C[C@@H]1C(/C=N/OC(c2ccccc2)c2ccccc2)[C@H]2CC[C@@H]1C2. The number of unbranched alkanes of at least 4 members (excludes halogenated alkanes) is 1. The van der Waals surface area contributed by atoms with Crippen LogP contribution in [0.15, 0.2) is 78.0 Å². The number of carbonyl (C=O) groups is 1. The largest absolute Gasteiger partial charge is 0.481 e. The lowest BCUT2D eigenvalue weighted by Crippen LogP contribution is -2.23. The molecule has 0 heterocycles. The van der Waals surface area contributed by atoms with Gasteiger partial charge in [0, 0.05) is 18.6 Å². The van der Waals surface area contributed by atoms with Gasteiger partial charge in [-0.15, -0.1) is 0 Å². The summed E-state index contributed by atoms with van der Waals surface area (Å²) in [7, 11) is 0. The number of aliphatic carboxylic acids is 1. The molecule has 0 aliphatic heterocycles. The Morgan fingerprint density at radius 2 is 1.66 bits per heavy atom. The molecule has 0 spiro atoms. The highest BCUT2D eigenvalue weighted by Gasteiger charge is 2.46. The number of nitrogens with zero attached hydrogens (tertiary/aromatic N) is 1. The van der Waals surface area contributed by atoms with Crippen LogP contribution < -0.4 is 0 Å². The van der Waals surface area contributed by atoms with Gasteiger partial charge in [-0.3, -0.25) is 4.79 Å². The third-order valence-electron chi connectivity index (χ3n) is 7.10. The molecular formula is C28H33NO3. The summed E-state index contributed by atoms with van der Waals surface area (Å²) in [4.78, 5) is 16.8. The van der Waals surface area contributed by atoms with E-state index in [4.69, 9.17) is 9.94 Å². The van der Waals surface area contributed by atoms with Gasteiger partial charge in [-0.1, -0.05) is 78.0 Å². The summed E-state index contributed by atoms with van der Waals surface area (Å²) in [6.07, 6.45) is 13.0. The maximum absolute atomic E-state index is 10.6. The molecule has 4 nitrogen and oxygen atoms in total. The Morgan fingerprint density at radius 1 is 1.00 bits per heavy atom. The normalized spacial score (nSPS) is 24.7. The van der Waals surface area contributed by atoms with Crippen molar-refractivity contribution in [3.8, 4) is 0 Å². The summed E-state index contributed by atoms with van der Waals surface area (Å²) in [6, 6.07) is 20.5. The first kappa shape index (κ1) is 22.3. The molecule has 2 saturated carbocycles. The van der Waals surface area contributed by atoms with E-state index < -0.39 is 5.97 Å². The minimum atomic E-state index is -0.716. The lowest BCUT2D eigenvalue weighted by atomic mass is 9.78. The molecule has 0 radical (unpaired) electrons. The average molecular weight is 432 g/mol. The summed E-state index contributed by atoms with van der Waals surface area (Å²) in [6.45, 7) is 0. The van der Waals surface area contributed by atoms with Gasteiger partial charge in [0.15, 0.2) is 6.10 Å². The summed E-state index contributed by atoms with van der Waals surface area (Å²) >= 11 is 0. The van der Waals surface area contributed by atoms with Crippen molar-refractivity contribution >= 4 is 12.2 Å². The lowest BCUT2D eigenvalue weighted by Gasteiger charge is -2.27. The van der Waals surface area contributed by atoms with Crippen LogP contribution in [0.5, 0.6) is 0 Å². The Hall–Kier alpha value is -2.88. The molecule has 2 fully saturated rings. The van der Waals surface area contributed by atoms with Gasteiger partial charge in [0.05, 0.1) is 0 Å². The summed E-state index contributed by atoms with van der Waals surface area (Å²) < 4.78 is 0. The molecule has 4 heteroatoms. The monoisotopic (exact) mass is 431 g/mol. The van der Waals surface area contributed by atoms with Crippen molar-refractivity contribution < 1.29 is 14.7 Å². The molecule has 2 aromatic carbocycles. The van der Waals surface area contributed by atoms with Crippen LogP contribution in [0.1, 0.15) is 62.2 Å². The topological polar surface area (TPSA) is 58.9 Å². The Labute approximate surface area is 191 Å². The average Bonchev–Trinajstić information content (AvgIpc) is 3.42. The zero-order valence-corrected chi connectivity index (χ0v) is 18.6. The van der Waals surface area contributed by atoms with E-state index in [0.717, 1.165) is 29.9 Å². The van der Waals surface area contributed by atoms with E-state index in [1.54, 1.807) is 0 Å². The minimum Gasteiger partial charge on any atom is -0.481 e. The van der Waals surface area contributed by atoms with Crippen LogP contribution in [-0.4, -0.2) is 17.3 Å². The van der Waals surface area contributed by atoms with Gasteiger partial charge in [-0.2, -0.15) is 0 Å². The fourth-order valence-electron chi connectivity index (χ4n) is 5.52. The number of rotatable bonds is 11. The molecule has 0 saturated heterocycles. The van der Waals surface area contributed by atoms with Gasteiger partial charge in [0.1, 0.15) is 0 Å². The van der Waals surface area contributed by atoms with Crippen molar-refractivity contribution in [2.75, 3.05) is 0 Å². The number of carboxylic acid groups (broad SMARTS) is 1. The second kappa shape index (κ2) is 11.1. The Morgan fingerprint density at radius 3 is 2.31 bits per heavy atom. The first-order valence-electron chi connectivity index (χ1n) is 11.9. The fraction of sp³-hybridized carbons (Fsp3) is 0.429. The van der Waals surface area contributed by atoms with Gasteiger partial charge >= 0.3 is 5.97 Å². The number of carboxylic acids is 1. The molecule has 2 aliphatic carbocycles. The lowest BCUT2D eigenvalue weighted by molar-refractivity contribution is -0.137. The van der Waals surface area contributed by atoms with Gasteiger partial charge < -0.3 is 9.94 Å². The Balaban J connectivity index is 1.39. The van der Waals surface area contributed by atoms with Crippen LogP contribution >= 0.6 is 0 Å². The van der Waals surface area contributed by atoms with Crippen molar-refractivity contribution in [1.29, 1.82) is 0 Å². The zero-order valence-electron chi connectivity index (χ0n) is 18.6. The molecule has 4 atom stereocenters. The molecular weight excluding hydrogens is 398 g/mol. The van der Waals surface area contributed by atoms with Gasteiger partial charge in [-0.25, -0.2) is 0 Å². The highest BCUT2D eigenvalue weighted by molar-refractivity contribution is 5.66. The van der Waals surface area contributed by atoms with E-state index >= 15 is 0 Å². The third kappa shape index (κ3) is 5.67. The van der Waals surface area contributed by atoms with Crippen molar-refractivity contribution in [2.24, 2.45) is 28.8 Å². The molecule has 2 bridgehead atoms. The number of hydrogen-bond acceptors (Lipinski definition) is 3. The third-order valence-corrected chi connectivity index (χ3v) is 7.10. The van der Waals surface area contributed by atoms with Crippen molar-refractivity contribution in [1.82, 2.24) is 0 Å². The second-order valence-corrected chi connectivity index (χ2v) is 9.13. The summed E-state index contributed by atoms with van der Waals surface area (Å²) in [5, 5.41) is 13.3. The van der Waals surface area contributed by atoms with Crippen molar-refractivity contribution in [2.45, 2.75) is 51.0 Å². The van der Waals surface area contributed by atoms with Crippen LogP contribution in [0.25, 0.3) is 0 Å². The number of hydrogen-bond donors (Lipinski definition) is 1. The van der Waals surface area contributed by atoms with Crippen LogP contribution in [0.4, 0.5) is 0 Å². The van der Waals surface area contributed by atoms with Crippen LogP contribution in [0, 0.1) is 23.7 Å². The minimum absolute atomic E-state index is 0.208. The maximum Gasteiger partial charge on any atom is 0.303 e. The molecule has 1 N–H and O–H groups in total. The molecule has 2 aromatic rings. The number of fused-ring (bicyclic) bond motifs is 2. The molecule has 0 amide bonds. The standard InChI is InChI=1S/C28H33NO3/c30-27(31)16-10-2-1-9-15-25-23-17-18-24(19-23)26(25)20-29-32-28(21-11-5-3-6-12-21)22-13-7-4-8-14-22/h1,3-9,11-14,20,23-26,28H,2,10,15-19H2,(H,30,31)/b9-1-,29-20+/t23-,24+,25+,26?/m1/s1. The molecule has 4 rings (SSSR count). The smallest absolute Gasteiger partial charge is 0.303 e. The van der Waals surface area contributed by atoms with Gasteiger partial charge in [0.25, 0.3) is 0 Å². The van der Waals surface area contributed by atoms with Gasteiger partial charge in [0.2, 0.25) is 0 Å². The highest BCUT2D eigenvalue weighted by Crippen LogP contribution is 2.53. The number of oxime groups is 1. The zero-order chi connectivity index (χ0) is 22.2. The number of benzene rings is 2. The van der Waals surface area contributed by atoms with Crippen LogP contribution in [0.3, 0.4) is 0 Å². The van der Waals surface area contributed by atoms with Crippen molar-refractivity contribution in [3.05, 3.63) is 83.9 Å². The predicted molar refractivity (Wildman–Crippen MR) is 127 cm³/mol. The van der Waals surface area contributed by atoms with E-state index in [9.17, 15) is 4.79 Å². The van der Waals surface area contributed by atoms with Gasteiger partial charge in [-0.05, 0) is 67.4 Å². The molecule has 0 aromatic heterocycles. The molecule has 168 valence electrons. The van der Waals surface area contributed by atoms with E-state index in [2.05, 4.69) is 47.8 Å².